The lowest BCUT2D eigenvalue weighted by Gasteiger charge is -2.31. The summed E-state index contributed by atoms with van der Waals surface area (Å²) >= 11 is 1.45. The van der Waals surface area contributed by atoms with E-state index >= 15 is 0 Å². The maximum absolute atomic E-state index is 14.5. The van der Waals surface area contributed by atoms with Crippen LogP contribution < -0.4 is 15.8 Å². The highest BCUT2D eigenvalue weighted by atomic mass is 32.1. The Morgan fingerprint density at radius 1 is 1.15 bits per heavy atom. The zero-order valence-electron chi connectivity index (χ0n) is 20.3. The topological polar surface area (TPSA) is 115 Å². The third kappa shape index (κ3) is 4.49. The summed E-state index contributed by atoms with van der Waals surface area (Å²) in [7, 11) is 0. The molecule has 2 aromatic heterocycles. The number of halogens is 4. The van der Waals surface area contributed by atoms with E-state index in [0.717, 1.165) is 28.3 Å². The number of benzene rings is 2. The molecule has 0 aliphatic carbocycles. The number of hydrogen-bond acceptors (Lipinski definition) is 6. The third-order valence-corrected chi connectivity index (χ3v) is 7.74. The Bertz CT molecular complexity index is 1610. The SMILES string of the molecule is C[C@]1(C(N)=O)COc2c1cc(C(O)(CNC(=O)c1ccc3sccc3c1)C(F)(F)F)nc2-c1ccc(F)cc1. The minimum Gasteiger partial charge on any atom is -0.489 e. The first-order valence-electron chi connectivity index (χ1n) is 11.6. The van der Waals surface area contributed by atoms with Crippen LogP contribution in [-0.2, 0) is 15.8 Å². The van der Waals surface area contributed by atoms with Crippen molar-refractivity contribution in [3.05, 3.63) is 82.6 Å². The lowest BCUT2D eigenvalue weighted by molar-refractivity contribution is -0.265. The number of ether oxygens (including phenoxy) is 1. The molecule has 0 bridgehead atoms. The summed E-state index contributed by atoms with van der Waals surface area (Å²) in [4.78, 5) is 29.2. The average Bonchev–Trinajstić information content (AvgIpc) is 3.51. The second-order valence-corrected chi connectivity index (χ2v) is 10.4. The van der Waals surface area contributed by atoms with Gasteiger partial charge in [-0.1, -0.05) is 0 Å². The van der Waals surface area contributed by atoms with Gasteiger partial charge in [0.05, 0.1) is 12.2 Å². The highest BCUT2D eigenvalue weighted by Crippen LogP contribution is 2.47. The average molecular weight is 560 g/mol. The van der Waals surface area contributed by atoms with Gasteiger partial charge in [-0.15, -0.1) is 11.3 Å². The molecule has 3 heterocycles. The number of amides is 2. The molecule has 12 heteroatoms. The molecule has 1 aliphatic rings. The summed E-state index contributed by atoms with van der Waals surface area (Å²) in [6.45, 7) is -0.155. The Kier molecular flexibility index (Phi) is 6.34. The van der Waals surface area contributed by atoms with Gasteiger partial charge in [0.15, 0.2) is 0 Å². The number of nitrogens with one attached hydrogen (secondary N) is 1. The van der Waals surface area contributed by atoms with Gasteiger partial charge in [0.1, 0.15) is 29.3 Å². The number of hydrogen-bond donors (Lipinski definition) is 3. The van der Waals surface area contributed by atoms with Gasteiger partial charge in [-0.05, 0) is 72.3 Å². The van der Waals surface area contributed by atoms with Crippen molar-refractivity contribution >= 4 is 33.2 Å². The predicted octanol–water partition coefficient (Wildman–Crippen LogP) is 4.42. The summed E-state index contributed by atoms with van der Waals surface area (Å²) in [6, 6.07) is 12.1. The van der Waals surface area contributed by atoms with Crippen molar-refractivity contribution in [3.8, 4) is 17.0 Å². The Labute approximate surface area is 223 Å². The lowest BCUT2D eigenvalue weighted by Crippen LogP contribution is -2.51. The third-order valence-electron chi connectivity index (χ3n) is 6.85. The van der Waals surface area contributed by atoms with E-state index in [0.29, 0.717) is 0 Å². The molecule has 1 aliphatic heterocycles. The van der Waals surface area contributed by atoms with Crippen molar-refractivity contribution in [2.45, 2.75) is 24.1 Å². The highest BCUT2D eigenvalue weighted by molar-refractivity contribution is 7.17. The summed E-state index contributed by atoms with van der Waals surface area (Å²) in [5, 5.41) is 15.8. The minimum atomic E-state index is -5.30. The summed E-state index contributed by atoms with van der Waals surface area (Å²) < 4.78 is 63.6. The van der Waals surface area contributed by atoms with E-state index in [1.807, 2.05) is 5.38 Å². The number of rotatable bonds is 6. The molecule has 1 unspecified atom stereocenters. The first kappa shape index (κ1) is 26.6. The molecule has 202 valence electrons. The van der Waals surface area contributed by atoms with Crippen LogP contribution in [0.3, 0.4) is 0 Å². The number of pyridine rings is 1. The van der Waals surface area contributed by atoms with Crippen LogP contribution in [0.2, 0.25) is 0 Å². The number of fused-ring (bicyclic) bond motifs is 2. The fourth-order valence-corrected chi connectivity index (χ4v) is 5.13. The van der Waals surface area contributed by atoms with Crippen molar-refractivity contribution in [3.63, 3.8) is 0 Å². The van der Waals surface area contributed by atoms with Crippen molar-refractivity contribution in [1.29, 1.82) is 0 Å². The van der Waals surface area contributed by atoms with E-state index in [-0.39, 0.29) is 34.7 Å². The van der Waals surface area contributed by atoms with Gasteiger partial charge >= 0.3 is 6.18 Å². The number of nitrogens with zero attached hydrogens (tertiary/aromatic N) is 1. The van der Waals surface area contributed by atoms with Crippen LogP contribution in [0.25, 0.3) is 21.3 Å². The van der Waals surface area contributed by atoms with Gasteiger partial charge in [-0.3, -0.25) is 9.59 Å². The molecular formula is C27H21F4N3O4S. The summed E-state index contributed by atoms with van der Waals surface area (Å²) in [6.07, 6.45) is -5.30. The van der Waals surface area contributed by atoms with E-state index in [1.165, 1.54) is 42.5 Å². The second-order valence-electron chi connectivity index (χ2n) is 9.44. The van der Waals surface area contributed by atoms with Crippen LogP contribution in [0.4, 0.5) is 17.6 Å². The van der Waals surface area contributed by atoms with Crippen LogP contribution in [0.15, 0.2) is 60.0 Å². The minimum absolute atomic E-state index is 0.00992. The van der Waals surface area contributed by atoms with Gasteiger partial charge in [0.2, 0.25) is 11.5 Å². The van der Waals surface area contributed by atoms with Crippen LogP contribution in [-0.4, -0.2) is 41.2 Å². The molecule has 0 radical (unpaired) electrons. The van der Waals surface area contributed by atoms with Crippen LogP contribution in [0.5, 0.6) is 5.75 Å². The number of thiophene rings is 1. The number of carbonyl (C=O) groups is 2. The molecule has 2 amide bonds. The smallest absolute Gasteiger partial charge is 0.424 e. The Morgan fingerprint density at radius 2 is 1.87 bits per heavy atom. The van der Waals surface area contributed by atoms with E-state index in [4.69, 9.17) is 10.5 Å². The molecule has 39 heavy (non-hydrogen) atoms. The van der Waals surface area contributed by atoms with Gasteiger partial charge in [0.25, 0.3) is 5.91 Å². The van der Waals surface area contributed by atoms with Crippen molar-refractivity contribution in [2.75, 3.05) is 13.2 Å². The second kappa shape index (κ2) is 9.31. The molecule has 0 spiro atoms. The largest absolute Gasteiger partial charge is 0.489 e. The number of carbonyl (C=O) groups excluding carboxylic acids is 2. The number of aliphatic hydroxyl groups is 1. The highest BCUT2D eigenvalue weighted by Gasteiger charge is 2.57. The zero-order chi connectivity index (χ0) is 28.2. The first-order valence-corrected chi connectivity index (χ1v) is 12.5. The molecule has 0 fully saturated rings. The number of nitrogens with two attached hydrogens (primary N) is 1. The van der Waals surface area contributed by atoms with Gasteiger partial charge in [0, 0.05) is 21.4 Å². The van der Waals surface area contributed by atoms with Crippen molar-refractivity contribution in [2.24, 2.45) is 5.73 Å². The number of aromatic nitrogens is 1. The molecule has 4 N–H and O–H groups in total. The Balaban J connectivity index is 1.59. The quantitative estimate of drug-likeness (QED) is 0.303. The molecule has 2 atom stereocenters. The molecule has 0 saturated heterocycles. The fraction of sp³-hybridized carbons (Fsp3) is 0.222. The molecule has 0 saturated carbocycles. The maximum atomic E-state index is 14.5. The molecular weight excluding hydrogens is 538 g/mol. The van der Waals surface area contributed by atoms with Gasteiger partial charge in [-0.2, -0.15) is 13.2 Å². The predicted molar refractivity (Wildman–Crippen MR) is 136 cm³/mol. The number of alkyl halides is 3. The molecule has 2 aromatic carbocycles. The molecule has 5 rings (SSSR count). The van der Waals surface area contributed by atoms with Crippen LogP contribution in [0, 0.1) is 5.82 Å². The molecule has 7 nitrogen and oxygen atoms in total. The first-order chi connectivity index (χ1) is 18.3. The Morgan fingerprint density at radius 3 is 2.54 bits per heavy atom. The van der Waals surface area contributed by atoms with Crippen LogP contribution >= 0.6 is 11.3 Å². The van der Waals surface area contributed by atoms with E-state index in [9.17, 15) is 32.3 Å². The molecule has 4 aromatic rings. The van der Waals surface area contributed by atoms with Gasteiger partial charge < -0.3 is 20.9 Å². The van der Waals surface area contributed by atoms with Gasteiger partial charge in [-0.25, -0.2) is 9.37 Å². The Hall–Kier alpha value is -4.03. The fourth-order valence-electron chi connectivity index (χ4n) is 4.36. The number of primary amides is 1. The van der Waals surface area contributed by atoms with Crippen molar-refractivity contribution < 1.29 is 37.0 Å². The van der Waals surface area contributed by atoms with Crippen LogP contribution in [0.1, 0.15) is 28.5 Å². The van der Waals surface area contributed by atoms with Crippen molar-refractivity contribution in [1.82, 2.24) is 10.3 Å². The monoisotopic (exact) mass is 559 g/mol. The van der Waals surface area contributed by atoms with E-state index < -0.39 is 47.1 Å². The summed E-state index contributed by atoms with van der Waals surface area (Å²) in [5.74, 6) is -2.30. The normalized spacial score (nSPS) is 18.3. The summed E-state index contributed by atoms with van der Waals surface area (Å²) in [5.41, 5.74) is -0.404. The zero-order valence-corrected chi connectivity index (χ0v) is 21.1. The maximum Gasteiger partial charge on any atom is 0.424 e. The van der Waals surface area contributed by atoms with E-state index in [2.05, 4.69) is 10.3 Å². The van der Waals surface area contributed by atoms with E-state index in [1.54, 1.807) is 12.1 Å². The lowest BCUT2D eigenvalue weighted by atomic mass is 9.81. The standard InChI is InChI=1S/C27H21F4N3O4S/c1-25(24(32)36)13-38-22-18(25)11-20(34-21(22)14-2-5-17(28)6-3-14)26(37,27(29,30)31)12-33-23(35)16-4-7-19-15(10-16)8-9-39-19/h2-11,37H,12-13H2,1H3,(H2,32,36)(H,33,35)/t25-,26?/m0/s1.